The lowest BCUT2D eigenvalue weighted by atomic mass is 9.89. The molecule has 15 heavy (non-hydrogen) atoms. The van der Waals surface area contributed by atoms with Crippen LogP contribution in [0.1, 0.15) is 60.3 Å². The minimum Gasteiger partial charge on any atom is -0.299 e. The van der Waals surface area contributed by atoms with Gasteiger partial charge in [0.05, 0.1) is 6.42 Å². The quantitative estimate of drug-likeness (QED) is 0.632. The fourth-order valence-corrected chi connectivity index (χ4v) is 1.30. The molecule has 0 radical (unpaired) electrons. The third-order valence-electron chi connectivity index (χ3n) is 2.40. The van der Waals surface area contributed by atoms with Crippen molar-refractivity contribution in [2.75, 3.05) is 0 Å². The summed E-state index contributed by atoms with van der Waals surface area (Å²) in [6.45, 7) is 10.2. The van der Waals surface area contributed by atoms with Gasteiger partial charge < -0.3 is 0 Å². The van der Waals surface area contributed by atoms with E-state index in [0.717, 1.165) is 12.8 Å². The van der Waals surface area contributed by atoms with Crippen LogP contribution in [0, 0.1) is 11.3 Å². The van der Waals surface area contributed by atoms with Crippen LogP contribution in [0.3, 0.4) is 0 Å². The summed E-state index contributed by atoms with van der Waals surface area (Å²) in [5.41, 5.74) is 0.280. The molecule has 0 N–H and O–H groups in total. The van der Waals surface area contributed by atoms with Crippen molar-refractivity contribution < 1.29 is 9.59 Å². The van der Waals surface area contributed by atoms with Crippen molar-refractivity contribution in [1.82, 2.24) is 0 Å². The maximum absolute atomic E-state index is 11.4. The molecule has 0 aliphatic heterocycles. The lowest BCUT2D eigenvalue weighted by Crippen LogP contribution is -2.14. The first-order valence-electron chi connectivity index (χ1n) is 5.77. The van der Waals surface area contributed by atoms with E-state index in [1.807, 2.05) is 13.8 Å². The van der Waals surface area contributed by atoms with E-state index in [1.54, 1.807) is 0 Å². The summed E-state index contributed by atoms with van der Waals surface area (Å²) in [6, 6.07) is 0. The van der Waals surface area contributed by atoms with E-state index in [9.17, 15) is 9.59 Å². The fourth-order valence-electron chi connectivity index (χ4n) is 1.30. The second-order valence-corrected chi connectivity index (χ2v) is 5.75. The standard InChI is InChI=1S/C13H24O2/c1-10(2)12(15)9-11(14)7-6-8-13(3,4)5/h10H,6-9H2,1-5H3. The molecule has 0 spiro atoms. The zero-order valence-corrected chi connectivity index (χ0v) is 10.7. The van der Waals surface area contributed by atoms with Gasteiger partial charge in [-0.15, -0.1) is 0 Å². The van der Waals surface area contributed by atoms with Gasteiger partial charge in [-0.25, -0.2) is 0 Å². The van der Waals surface area contributed by atoms with Gasteiger partial charge in [-0.1, -0.05) is 34.6 Å². The Hall–Kier alpha value is -0.660. The third-order valence-corrected chi connectivity index (χ3v) is 2.40. The molecule has 0 bridgehead atoms. The molecular formula is C13H24O2. The van der Waals surface area contributed by atoms with Gasteiger partial charge in [0.25, 0.3) is 0 Å². The molecular weight excluding hydrogens is 188 g/mol. The second-order valence-electron chi connectivity index (χ2n) is 5.75. The zero-order valence-electron chi connectivity index (χ0n) is 10.7. The molecule has 0 saturated carbocycles. The van der Waals surface area contributed by atoms with Gasteiger partial charge in [0.15, 0.2) is 0 Å². The Kier molecular flexibility index (Phi) is 5.77. The number of Topliss-reactive ketones (excluding diaryl/α,β-unsaturated/α-hetero) is 2. The molecule has 0 aliphatic rings. The van der Waals surface area contributed by atoms with Gasteiger partial charge in [0, 0.05) is 12.3 Å². The molecule has 0 heterocycles. The molecule has 0 aromatic heterocycles. The molecule has 0 saturated heterocycles. The predicted molar refractivity (Wildman–Crippen MR) is 62.8 cm³/mol. The summed E-state index contributed by atoms with van der Waals surface area (Å²) >= 11 is 0. The fraction of sp³-hybridized carbons (Fsp3) is 0.846. The van der Waals surface area contributed by atoms with E-state index in [2.05, 4.69) is 20.8 Å². The summed E-state index contributed by atoms with van der Waals surface area (Å²) in [4.78, 5) is 22.7. The van der Waals surface area contributed by atoms with Crippen molar-refractivity contribution in [3.05, 3.63) is 0 Å². The van der Waals surface area contributed by atoms with E-state index in [1.165, 1.54) is 0 Å². The molecule has 88 valence electrons. The first kappa shape index (κ1) is 14.3. The maximum atomic E-state index is 11.4. The van der Waals surface area contributed by atoms with E-state index < -0.39 is 0 Å². The van der Waals surface area contributed by atoms with Crippen LogP contribution in [0.15, 0.2) is 0 Å². The van der Waals surface area contributed by atoms with Crippen molar-refractivity contribution in [1.29, 1.82) is 0 Å². The highest BCUT2D eigenvalue weighted by molar-refractivity contribution is 5.99. The van der Waals surface area contributed by atoms with Gasteiger partial charge in [-0.3, -0.25) is 9.59 Å². The molecule has 2 heteroatoms. The molecule has 0 amide bonds. The van der Waals surface area contributed by atoms with Gasteiger partial charge in [0.2, 0.25) is 0 Å². The average molecular weight is 212 g/mol. The zero-order chi connectivity index (χ0) is 12.1. The monoisotopic (exact) mass is 212 g/mol. The van der Waals surface area contributed by atoms with Crippen LogP contribution in [-0.2, 0) is 9.59 Å². The van der Waals surface area contributed by atoms with Crippen LogP contribution < -0.4 is 0 Å². The summed E-state index contributed by atoms with van der Waals surface area (Å²) in [5, 5.41) is 0. The van der Waals surface area contributed by atoms with Crippen LogP contribution in [0.2, 0.25) is 0 Å². The number of hydrogen-bond donors (Lipinski definition) is 0. The summed E-state index contributed by atoms with van der Waals surface area (Å²) in [7, 11) is 0. The van der Waals surface area contributed by atoms with Crippen LogP contribution in [0.4, 0.5) is 0 Å². The Morgan fingerprint density at radius 2 is 1.67 bits per heavy atom. The van der Waals surface area contributed by atoms with E-state index in [4.69, 9.17) is 0 Å². The molecule has 0 unspecified atom stereocenters. The van der Waals surface area contributed by atoms with Gasteiger partial charge >= 0.3 is 0 Å². The highest BCUT2D eigenvalue weighted by Gasteiger charge is 2.14. The topological polar surface area (TPSA) is 34.1 Å². The van der Waals surface area contributed by atoms with Crippen molar-refractivity contribution in [2.45, 2.75) is 60.3 Å². The van der Waals surface area contributed by atoms with Gasteiger partial charge in [-0.2, -0.15) is 0 Å². The number of rotatable bonds is 6. The lowest BCUT2D eigenvalue weighted by molar-refractivity contribution is -0.128. The van der Waals surface area contributed by atoms with E-state index in [-0.39, 0.29) is 29.3 Å². The highest BCUT2D eigenvalue weighted by atomic mass is 16.1. The Labute approximate surface area is 93.4 Å². The Bertz CT molecular complexity index is 221. The van der Waals surface area contributed by atoms with Crippen molar-refractivity contribution >= 4 is 11.6 Å². The third kappa shape index (κ3) is 8.34. The highest BCUT2D eigenvalue weighted by Crippen LogP contribution is 2.21. The van der Waals surface area contributed by atoms with Crippen molar-refractivity contribution in [3.8, 4) is 0 Å². The van der Waals surface area contributed by atoms with Crippen molar-refractivity contribution in [2.24, 2.45) is 11.3 Å². The van der Waals surface area contributed by atoms with Crippen LogP contribution >= 0.6 is 0 Å². The lowest BCUT2D eigenvalue weighted by Gasteiger charge is -2.17. The van der Waals surface area contributed by atoms with Crippen molar-refractivity contribution in [3.63, 3.8) is 0 Å². The number of hydrogen-bond acceptors (Lipinski definition) is 2. The Morgan fingerprint density at radius 1 is 1.13 bits per heavy atom. The smallest absolute Gasteiger partial charge is 0.142 e. The number of carbonyl (C=O) groups is 2. The summed E-state index contributed by atoms with van der Waals surface area (Å²) < 4.78 is 0. The molecule has 0 aromatic carbocycles. The van der Waals surface area contributed by atoms with Gasteiger partial charge in [-0.05, 0) is 18.3 Å². The maximum Gasteiger partial charge on any atom is 0.142 e. The van der Waals surface area contributed by atoms with Crippen LogP contribution in [0.25, 0.3) is 0 Å². The minimum absolute atomic E-state index is 0.0171. The largest absolute Gasteiger partial charge is 0.299 e. The first-order chi connectivity index (χ1) is 6.72. The molecule has 0 atom stereocenters. The normalized spacial score (nSPS) is 11.9. The average Bonchev–Trinajstić information content (AvgIpc) is 2.01. The SMILES string of the molecule is CC(C)C(=O)CC(=O)CCCC(C)(C)C. The molecule has 2 nitrogen and oxygen atoms in total. The Morgan fingerprint density at radius 3 is 2.07 bits per heavy atom. The summed E-state index contributed by atoms with van der Waals surface area (Å²) in [5.74, 6) is 0.144. The summed E-state index contributed by atoms with van der Waals surface area (Å²) in [6.07, 6.45) is 2.61. The predicted octanol–water partition coefficient (Wildman–Crippen LogP) is 3.39. The first-order valence-corrected chi connectivity index (χ1v) is 5.77. The van der Waals surface area contributed by atoms with Crippen LogP contribution in [0.5, 0.6) is 0 Å². The van der Waals surface area contributed by atoms with Crippen LogP contribution in [-0.4, -0.2) is 11.6 Å². The molecule has 0 aliphatic carbocycles. The van der Waals surface area contributed by atoms with E-state index >= 15 is 0 Å². The van der Waals surface area contributed by atoms with Gasteiger partial charge in [0.1, 0.15) is 11.6 Å². The second kappa shape index (κ2) is 6.04. The Balaban J connectivity index is 3.72. The molecule has 0 rings (SSSR count). The molecule has 0 fully saturated rings. The minimum atomic E-state index is -0.0171. The number of carbonyl (C=O) groups excluding carboxylic acids is 2. The number of ketones is 2. The molecule has 0 aromatic rings. The van der Waals surface area contributed by atoms with E-state index in [0.29, 0.717) is 6.42 Å².